The van der Waals surface area contributed by atoms with E-state index in [1.54, 1.807) is 0 Å². The zero-order valence-corrected chi connectivity index (χ0v) is 16.0. The van der Waals surface area contributed by atoms with Crippen molar-refractivity contribution in [2.75, 3.05) is 0 Å². The summed E-state index contributed by atoms with van der Waals surface area (Å²) in [4.78, 5) is 11.9. The Bertz CT molecular complexity index is 950. The number of fused-ring (bicyclic) bond motifs is 1. The zero-order valence-electron chi connectivity index (χ0n) is 16.0. The summed E-state index contributed by atoms with van der Waals surface area (Å²) >= 11 is 0. The van der Waals surface area contributed by atoms with Crippen LogP contribution in [0.1, 0.15) is 54.7 Å². The topological polar surface area (TPSA) is 48.0 Å². The lowest BCUT2D eigenvalue weighted by molar-refractivity contribution is -0.118. The lowest BCUT2D eigenvalue weighted by Crippen LogP contribution is -2.16. The van der Waals surface area contributed by atoms with Gasteiger partial charge >= 0.3 is 0 Å². The molecule has 1 unspecified atom stereocenters. The molecule has 3 heteroatoms. The summed E-state index contributed by atoms with van der Waals surface area (Å²) in [7, 11) is 0. The number of nitrogens with two attached hydrogens (primary N) is 1. The Hall–Kier alpha value is -2.55. The van der Waals surface area contributed by atoms with E-state index in [2.05, 4.69) is 66.2 Å². The first-order valence-electron chi connectivity index (χ1n) is 10.0. The van der Waals surface area contributed by atoms with Crippen LogP contribution in [0.4, 0.5) is 0 Å². The summed E-state index contributed by atoms with van der Waals surface area (Å²) in [6.45, 7) is 3.16. The average molecular weight is 361 g/mol. The van der Waals surface area contributed by atoms with Crippen LogP contribution in [0, 0.1) is 12.8 Å². The molecule has 1 aliphatic rings. The summed E-state index contributed by atoms with van der Waals surface area (Å²) in [5.41, 5.74) is 10.5. The molecular weight excluding hydrogens is 332 g/mol. The van der Waals surface area contributed by atoms with Crippen LogP contribution in [0.2, 0.25) is 0 Å². The Kier molecular flexibility index (Phi) is 5.02. The van der Waals surface area contributed by atoms with Crippen LogP contribution in [-0.2, 0) is 11.3 Å². The van der Waals surface area contributed by atoms with Gasteiger partial charge in [0.15, 0.2) is 0 Å². The van der Waals surface area contributed by atoms with Crippen molar-refractivity contribution in [1.29, 1.82) is 0 Å². The minimum Gasteiger partial charge on any atom is -0.370 e. The third-order valence-corrected chi connectivity index (χ3v) is 5.97. The van der Waals surface area contributed by atoms with Gasteiger partial charge < -0.3 is 10.3 Å². The molecule has 1 atom stereocenters. The van der Waals surface area contributed by atoms with Gasteiger partial charge in [0.2, 0.25) is 5.91 Å². The standard InChI is InChI=1S/C24H28N2O/c1-17-7-6-10-19(13-17)21(14-24(25)27)22-16-26(15-18-8-2-3-9-18)23-12-5-4-11-20(22)23/h4-7,10-13,16,18,21H,2-3,8-9,14-15H2,1H3,(H2,25,27). The Balaban J connectivity index is 1.80. The molecule has 0 spiro atoms. The molecule has 1 fully saturated rings. The van der Waals surface area contributed by atoms with Crippen molar-refractivity contribution < 1.29 is 4.79 Å². The van der Waals surface area contributed by atoms with E-state index in [1.807, 2.05) is 0 Å². The van der Waals surface area contributed by atoms with Crippen molar-refractivity contribution in [2.45, 2.75) is 51.5 Å². The lowest BCUT2D eigenvalue weighted by atomic mass is 9.87. The highest BCUT2D eigenvalue weighted by Gasteiger charge is 2.23. The molecule has 1 aliphatic carbocycles. The smallest absolute Gasteiger partial charge is 0.218 e. The van der Waals surface area contributed by atoms with Gasteiger partial charge in [-0.05, 0) is 42.9 Å². The maximum atomic E-state index is 11.9. The highest BCUT2D eigenvalue weighted by Crippen LogP contribution is 2.36. The molecule has 27 heavy (non-hydrogen) atoms. The summed E-state index contributed by atoms with van der Waals surface area (Å²) in [5, 5.41) is 1.24. The predicted octanol–water partition coefficient (Wildman–Crippen LogP) is 5.15. The third kappa shape index (κ3) is 3.78. The van der Waals surface area contributed by atoms with E-state index >= 15 is 0 Å². The van der Waals surface area contributed by atoms with Gasteiger partial charge in [-0.2, -0.15) is 0 Å². The molecule has 0 bridgehead atoms. The van der Waals surface area contributed by atoms with E-state index in [4.69, 9.17) is 5.73 Å². The minimum absolute atomic E-state index is 0.00266. The van der Waals surface area contributed by atoms with Gasteiger partial charge in [0, 0.05) is 36.0 Å². The summed E-state index contributed by atoms with van der Waals surface area (Å²) in [6, 6.07) is 17.0. The normalized spacial score (nSPS) is 16.0. The molecule has 3 nitrogen and oxygen atoms in total. The minimum atomic E-state index is -0.255. The molecule has 1 saturated carbocycles. The number of hydrogen-bond acceptors (Lipinski definition) is 1. The zero-order chi connectivity index (χ0) is 18.8. The second kappa shape index (κ2) is 7.59. The summed E-state index contributed by atoms with van der Waals surface area (Å²) in [5.74, 6) is 0.508. The quantitative estimate of drug-likeness (QED) is 0.649. The number of carbonyl (C=O) groups excluding carboxylic acids is 1. The van der Waals surface area contributed by atoms with Crippen molar-refractivity contribution >= 4 is 16.8 Å². The number of aryl methyl sites for hydroxylation is 1. The third-order valence-electron chi connectivity index (χ3n) is 5.97. The van der Waals surface area contributed by atoms with Crippen molar-refractivity contribution in [3.8, 4) is 0 Å². The molecule has 2 N–H and O–H groups in total. The average Bonchev–Trinajstić information content (AvgIpc) is 3.28. The van der Waals surface area contributed by atoms with E-state index in [1.165, 1.54) is 47.7 Å². The first kappa shape index (κ1) is 17.8. The van der Waals surface area contributed by atoms with E-state index < -0.39 is 0 Å². The Morgan fingerprint density at radius 2 is 1.93 bits per heavy atom. The second-order valence-electron chi connectivity index (χ2n) is 8.04. The maximum Gasteiger partial charge on any atom is 0.218 e. The SMILES string of the molecule is Cc1cccc(C(CC(N)=O)c2cn(CC3CCCC3)c3ccccc23)c1. The molecule has 0 saturated heterocycles. The number of carbonyl (C=O) groups is 1. The second-order valence-corrected chi connectivity index (χ2v) is 8.04. The fourth-order valence-electron chi connectivity index (χ4n) is 4.67. The number of rotatable bonds is 6. The Labute approximate surface area is 161 Å². The molecular formula is C24H28N2O. The van der Waals surface area contributed by atoms with E-state index in [0.717, 1.165) is 18.0 Å². The number of primary amides is 1. The summed E-state index contributed by atoms with van der Waals surface area (Å²) in [6.07, 6.45) is 7.96. The van der Waals surface area contributed by atoms with Crippen molar-refractivity contribution in [2.24, 2.45) is 11.7 Å². The Morgan fingerprint density at radius 3 is 2.67 bits per heavy atom. The summed E-state index contributed by atoms with van der Waals surface area (Å²) < 4.78 is 2.41. The number of para-hydroxylation sites is 1. The number of benzene rings is 2. The van der Waals surface area contributed by atoms with Gasteiger partial charge in [-0.1, -0.05) is 60.9 Å². The largest absolute Gasteiger partial charge is 0.370 e. The highest BCUT2D eigenvalue weighted by molar-refractivity contribution is 5.86. The van der Waals surface area contributed by atoms with Gasteiger partial charge in [-0.25, -0.2) is 0 Å². The van der Waals surface area contributed by atoms with Gasteiger partial charge in [0.25, 0.3) is 0 Å². The van der Waals surface area contributed by atoms with E-state index in [0.29, 0.717) is 6.42 Å². The van der Waals surface area contributed by atoms with E-state index in [-0.39, 0.29) is 11.8 Å². The van der Waals surface area contributed by atoms with Gasteiger partial charge in [-0.3, -0.25) is 4.79 Å². The van der Waals surface area contributed by atoms with Crippen molar-refractivity contribution in [3.63, 3.8) is 0 Å². The molecule has 3 aromatic rings. The maximum absolute atomic E-state index is 11.9. The highest BCUT2D eigenvalue weighted by atomic mass is 16.1. The fraction of sp³-hybridized carbons (Fsp3) is 0.375. The number of amides is 1. The lowest BCUT2D eigenvalue weighted by Gasteiger charge is -2.16. The van der Waals surface area contributed by atoms with Gasteiger partial charge in [0.05, 0.1) is 0 Å². The Morgan fingerprint density at radius 1 is 1.15 bits per heavy atom. The van der Waals surface area contributed by atoms with Crippen LogP contribution < -0.4 is 5.73 Å². The predicted molar refractivity (Wildman–Crippen MR) is 111 cm³/mol. The first-order valence-corrected chi connectivity index (χ1v) is 10.0. The molecule has 1 heterocycles. The molecule has 0 aliphatic heterocycles. The number of aromatic nitrogens is 1. The van der Waals surface area contributed by atoms with Gasteiger partial charge in [-0.15, -0.1) is 0 Å². The van der Waals surface area contributed by atoms with Crippen LogP contribution in [0.25, 0.3) is 10.9 Å². The van der Waals surface area contributed by atoms with Crippen molar-refractivity contribution in [3.05, 3.63) is 71.4 Å². The molecule has 4 rings (SSSR count). The molecule has 2 aromatic carbocycles. The monoisotopic (exact) mass is 360 g/mol. The van der Waals surface area contributed by atoms with Crippen molar-refractivity contribution in [1.82, 2.24) is 4.57 Å². The van der Waals surface area contributed by atoms with Crippen LogP contribution >= 0.6 is 0 Å². The molecule has 1 aromatic heterocycles. The number of nitrogens with zero attached hydrogens (tertiary/aromatic N) is 1. The van der Waals surface area contributed by atoms with Crippen LogP contribution in [-0.4, -0.2) is 10.5 Å². The number of hydrogen-bond donors (Lipinski definition) is 1. The first-order chi connectivity index (χ1) is 13.1. The molecule has 140 valence electrons. The van der Waals surface area contributed by atoms with E-state index in [9.17, 15) is 4.79 Å². The van der Waals surface area contributed by atoms with Crippen LogP contribution in [0.3, 0.4) is 0 Å². The van der Waals surface area contributed by atoms with Crippen LogP contribution in [0.5, 0.6) is 0 Å². The van der Waals surface area contributed by atoms with Gasteiger partial charge in [0.1, 0.15) is 0 Å². The molecule has 1 amide bonds. The fourth-order valence-corrected chi connectivity index (χ4v) is 4.67. The molecule has 0 radical (unpaired) electrons. The van der Waals surface area contributed by atoms with Crippen LogP contribution in [0.15, 0.2) is 54.7 Å².